The number of rotatable bonds is 8. The van der Waals surface area contributed by atoms with Crippen molar-refractivity contribution in [3.05, 3.63) is 0 Å². The van der Waals surface area contributed by atoms with E-state index < -0.39 is 46.7 Å². The molecule has 0 aromatic rings. The molecule has 0 saturated heterocycles. The Morgan fingerprint density at radius 2 is 0.952 bits per heavy atom. The highest BCUT2D eigenvalue weighted by atomic mass is 28.4. The van der Waals surface area contributed by atoms with Crippen molar-refractivity contribution < 1.29 is 25.3 Å². The van der Waals surface area contributed by atoms with E-state index in [1.807, 2.05) is 0 Å². The first-order valence-electron chi connectivity index (χ1n) is 6.77. The van der Waals surface area contributed by atoms with Crippen LogP contribution >= 0.6 is 0 Å². The van der Waals surface area contributed by atoms with Gasteiger partial charge in [-0.25, -0.2) is 0 Å². The van der Waals surface area contributed by atoms with E-state index in [9.17, 15) is 0 Å². The minimum absolute atomic E-state index is 0.444. The molecule has 0 unspecified atom stereocenters. The minimum atomic E-state index is -1.30. The molecule has 0 saturated carbocycles. The number of hydrogen-bond donors (Lipinski definition) is 0. The van der Waals surface area contributed by atoms with Crippen LogP contribution in [0.1, 0.15) is 0 Å². The van der Waals surface area contributed by atoms with Crippen molar-refractivity contribution in [1.29, 1.82) is 0 Å². The fraction of sp³-hybridized carbons (Fsp3) is 1.00. The molecule has 0 atom stereocenters. The van der Waals surface area contributed by atoms with Crippen molar-refractivity contribution in [2.45, 2.75) is 39.3 Å². The maximum Gasteiger partial charge on any atom is 0.303 e. The molecule has 0 radical (unpaired) electrons. The van der Waals surface area contributed by atoms with Crippen molar-refractivity contribution in [2.24, 2.45) is 0 Å². The second-order valence-corrected chi connectivity index (χ2v) is 23.3. The first-order valence-corrected chi connectivity index (χ1v) is 18.7. The van der Waals surface area contributed by atoms with Gasteiger partial charge in [0, 0.05) is 14.2 Å². The summed E-state index contributed by atoms with van der Waals surface area (Å²) in [5.41, 5.74) is 0. The molecule has 13 heteroatoms. The molecule has 0 aliphatic rings. The average molecular weight is 425 g/mol. The van der Waals surface area contributed by atoms with Crippen molar-refractivity contribution in [3.8, 4) is 0 Å². The van der Waals surface area contributed by atoms with Crippen molar-refractivity contribution in [2.75, 3.05) is 14.2 Å². The van der Waals surface area contributed by atoms with Gasteiger partial charge < -0.3 is 25.3 Å². The Balaban J connectivity index is -0.000000270. The Kier molecular flexibility index (Phi) is 22.8. The second kappa shape index (κ2) is 17.6. The van der Waals surface area contributed by atoms with Gasteiger partial charge in [0.25, 0.3) is 20.0 Å². The monoisotopic (exact) mass is 424 g/mol. The Hall–Kier alpha value is 1.28. The maximum atomic E-state index is 5.70. The standard InChI is InChI=1S/C6H20O2Si3.C2H8O2Si.H8O2Si3/c1-10(2,3)7-9-8-11(4,5)6;1-3-5-4-2;3-1-5-2-4/h9H2,1-6H3;5H2,1-2H3;5H2,3-4H3. The van der Waals surface area contributed by atoms with Gasteiger partial charge >= 0.3 is 10.0 Å². The largest absolute Gasteiger partial charge is 0.449 e. The predicted molar refractivity (Wildman–Crippen MR) is 111 cm³/mol. The van der Waals surface area contributed by atoms with E-state index in [1.54, 1.807) is 14.2 Å². The van der Waals surface area contributed by atoms with E-state index in [4.69, 9.17) is 16.5 Å². The molecule has 0 spiro atoms. The average Bonchev–Trinajstić information content (AvgIpc) is 2.29. The van der Waals surface area contributed by atoms with Gasteiger partial charge in [0.15, 0.2) is 16.6 Å². The first-order chi connectivity index (χ1) is 9.54. The zero-order chi connectivity index (χ0) is 17.4. The highest BCUT2D eigenvalue weighted by molar-refractivity contribution is 6.77. The normalized spacial score (nSPS) is 12.0. The fourth-order valence-electron chi connectivity index (χ4n) is 0.619. The topological polar surface area (TPSA) is 55.4 Å². The molecular formula is C8H36O6Si7. The summed E-state index contributed by atoms with van der Waals surface area (Å²) in [7, 11) is 0.730. The zero-order valence-corrected chi connectivity index (χ0v) is 25.8. The molecule has 21 heavy (non-hydrogen) atoms. The molecule has 0 aromatic heterocycles. The van der Waals surface area contributed by atoms with Crippen LogP contribution in [0.3, 0.4) is 0 Å². The van der Waals surface area contributed by atoms with Crippen molar-refractivity contribution in [3.63, 3.8) is 0 Å². The van der Waals surface area contributed by atoms with Crippen LogP contribution in [0, 0.1) is 0 Å². The van der Waals surface area contributed by atoms with Gasteiger partial charge in [-0.3, -0.25) is 0 Å². The quantitative estimate of drug-likeness (QED) is 0.403. The molecule has 0 heterocycles. The fourth-order valence-corrected chi connectivity index (χ4v) is 7.51. The van der Waals surface area contributed by atoms with Gasteiger partial charge in [0.2, 0.25) is 0 Å². The van der Waals surface area contributed by atoms with Crippen LogP contribution < -0.4 is 0 Å². The van der Waals surface area contributed by atoms with Gasteiger partial charge in [0.05, 0.1) is 0 Å². The van der Waals surface area contributed by atoms with Crippen LogP contribution in [0.25, 0.3) is 0 Å². The van der Waals surface area contributed by atoms with Crippen LogP contribution in [-0.2, 0) is 25.3 Å². The van der Waals surface area contributed by atoms with Crippen LogP contribution in [0.2, 0.25) is 39.3 Å². The van der Waals surface area contributed by atoms with Crippen LogP contribution in [-0.4, -0.2) is 81.8 Å². The lowest BCUT2D eigenvalue weighted by Crippen LogP contribution is -2.34. The molecule has 0 aromatic carbocycles. The molecule has 0 bridgehead atoms. The maximum absolute atomic E-state index is 5.70. The van der Waals surface area contributed by atoms with E-state index in [-0.39, 0.29) is 0 Å². The van der Waals surface area contributed by atoms with E-state index in [1.165, 1.54) is 0 Å². The Morgan fingerprint density at radius 1 is 0.619 bits per heavy atom. The van der Waals surface area contributed by atoms with Gasteiger partial charge in [0.1, 0.15) is 21.0 Å². The molecule has 0 amide bonds. The van der Waals surface area contributed by atoms with E-state index >= 15 is 0 Å². The molecule has 0 aliphatic carbocycles. The third kappa shape index (κ3) is 44.9. The summed E-state index contributed by atoms with van der Waals surface area (Å²) < 4.78 is 30.2. The lowest BCUT2D eigenvalue weighted by atomic mass is 11.8. The lowest BCUT2D eigenvalue weighted by Gasteiger charge is -2.22. The van der Waals surface area contributed by atoms with Gasteiger partial charge in [-0.2, -0.15) is 0 Å². The van der Waals surface area contributed by atoms with E-state index in [0.717, 1.165) is 21.0 Å². The Morgan fingerprint density at radius 3 is 1.05 bits per heavy atom. The Bertz CT molecular complexity index is 175. The van der Waals surface area contributed by atoms with Crippen molar-refractivity contribution >= 4 is 67.6 Å². The summed E-state index contributed by atoms with van der Waals surface area (Å²) in [6.45, 7) is 13.2. The van der Waals surface area contributed by atoms with E-state index in [2.05, 4.69) is 48.1 Å². The predicted octanol–water partition coefficient (Wildman–Crippen LogP) is -2.45. The van der Waals surface area contributed by atoms with Gasteiger partial charge in [-0.05, 0) is 39.3 Å². The molecule has 0 N–H and O–H groups in total. The van der Waals surface area contributed by atoms with Crippen LogP contribution in [0.15, 0.2) is 0 Å². The summed E-state index contributed by atoms with van der Waals surface area (Å²) in [5, 5.41) is 0. The third-order valence-electron chi connectivity index (χ3n) is 1.46. The summed E-state index contributed by atoms with van der Waals surface area (Å²) in [4.78, 5) is 0. The molecule has 132 valence electrons. The van der Waals surface area contributed by atoms with E-state index in [0.29, 0.717) is 0 Å². The Labute approximate surface area is 146 Å². The van der Waals surface area contributed by atoms with Gasteiger partial charge in [-0.15, -0.1) is 0 Å². The highest BCUT2D eigenvalue weighted by Gasteiger charge is 2.18. The number of hydrogen-bond acceptors (Lipinski definition) is 6. The highest BCUT2D eigenvalue weighted by Crippen LogP contribution is 2.05. The first kappa shape index (κ1) is 27.1. The molecule has 0 rings (SSSR count). The van der Waals surface area contributed by atoms with Crippen molar-refractivity contribution in [1.82, 2.24) is 0 Å². The summed E-state index contributed by atoms with van der Waals surface area (Å²) >= 11 is 0. The third-order valence-corrected chi connectivity index (χ3v) is 11.7. The molecular weight excluding hydrogens is 389 g/mol. The second-order valence-electron chi connectivity index (χ2n) is 6.02. The zero-order valence-electron chi connectivity index (χ0n) is 15.6. The van der Waals surface area contributed by atoms with Gasteiger partial charge in [-0.1, -0.05) is 0 Å². The SMILES string of the molecule is CO[SiH2]OC.C[Si](C)(C)O[SiH2]O[Si](C)(C)C.[SiH3]O[SiH2]O[SiH3]. The smallest absolute Gasteiger partial charge is 0.303 e. The summed E-state index contributed by atoms with van der Waals surface area (Å²) in [6.07, 6.45) is 0. The minimum Gasteiger partial charge on any atom is -0.449 e. The van der Waals surface area contributed by atoms with Crippen LogP contribution in [0.5, 0.6) is 0 Å². The summed E-state index contributed by atoms with van der Waals surface area (Å²) in [6, 6.07) is 0. The molecule has 6 nitrogen and oxygen atoms in total. The summed E-state index contributed by atoms with van der Waals surface area (Å²) in [5.74, 6) is 0. The molecule has 0 aliphatic heterocycles. The van der Waals surface area contributed by atoms with Crippen LogP contribution in [0.4, 0.5) is 0 Å². The molecule has 0 fully saturated rings. The lowest BCUT2D eigenvalue weighted by molar-refractivity contribution is 0.309.